The van der Waals surface area contributed by atoms with Crippen LogP contribution in [-0.4, -0.2) is 3.92 Å². The van der Waals surface area contributed by atoms with Crippen molar-refractivity contribution in [3.8, 4) is 0 Å². The zero-order chi connectivity index (χ0) is 9.52. The molecule has 70 valence electrons. The van der Waals surface area contributed by atoms with Gasteiger partial charge in [0.25, 0.3) is 0 Å². The molecule has 13 heavy (non-hydrogen) atoms. The predicted molar refractivity (Wildman–Crippen MR) is 67.4 cm³/mol. The standard InChI is InChI=1S/C12H15I/c1-2-6-12(13)10-9-11-7-4-3-5-8-11/h2-5,7-8,12H,1,6,9-10H2. The highest BCUT2D eigenvalue weighted by Crippen LogP contribution is 2.14. The van der Waals surface area contributed by atoms with Gasteiger partial charge in [0.05, 0.1) is 0 Å². The van der Waals surface area contributed by atoms with Gasteiger partial charge >= 0.3 is 0 Å². The van der Waals surface area contributed by atoms with E-state index in [0.29, 0.717) is 0 Å². The first-order valence-corrected chi connectivity index (χ1v) is 5.86. The Bertz CT molecular complexity index is 241. The summed E-state index contributed by atoms with van der Waals surface area (Å²) in [6, 6.07) is 10.7. The molecule has 0 fully saturated rings. The molecule has 0 aliphatic heterocycles. The van der Waals surface area contributed by atoms with Crippen LogP contribution in [0.25, 0.3) is 0 Å². The molecular weight excluding hydrogens is 271 g/mol. The first kappa shape index (κ1) is 10.8. The SMILES string of the molecule is C=CCC(I)CCc1ccccc1. The van der Waals surface area contributed by atoms with Crippen LogP contribution in [0.1, 0.15) is 18.4 Å². The molecule has 0 saturated carbocycles. The van der Waals surface area contributed by atoms with Gasteiger partial charge in [0, 0.05) is 3.92 Å². The summed E-state index contributed by atoms with van der Waals surface area (Å²) >= 11 is 2.50. The van der Waals surface area contributed by atoms with E-state index < -0.39 is 0 Å². The lowest BCUT2D eigenvalue weighted by Gasteiger charge is -2.06. The third-order valence-electron chi connectivity index (χ3n) is 2.01. The Morgan fingerprint density at radius 3 is 2.62 bits per heavy atom. The summed E-state index contributed by atoms with van der Waals surface area (Å²) in [5.41, 5.74) is 1.44. The largest absolute Gasteiger partial charge is 0.103 e. The highest BCUT2D eigenvalue weighted by molar-refractivity contribution is 14.1. The highest BCUT2D eigenvalue weighted by Gasteiger charge is 2.01. The van der Waals surface area contributed by atoms with E-state index in [-0.39, 0.29) is 0 Å². The topological polar surface area (TPSA) is 0 Å². The number of hydrogen-bond donors (Lipinski definition) is 0. The summed E-state index contributed by atoms with van der Waals surface area (Å²) in [7, 11) is 0. The lowest BCUT2D eigenvalue weighted by Crippen LogP contribution is -1.97. The van der Waals surface area contributed by atoms with Crippen molar-refractivity contribution in [2.45, 2.75) is 23.2 Å². The van der Waals surface area contributed by atoms with Gasteiger partial charge in [-0.25, -0.2) is 0 Å². The van der Waals surface area contributed by atoms with E-state index >= 15 is 0 Å². The quantitative estimate of drug-likeness (QED) is 0.436. The van der Waals surface area contributed by atoms with E-state index in [2.05, 4.69) is 59.5 Å². The number of alkyl halides is 1. The van der Waals surface area contributed by atoms with Gasteiger partial charge in [0.2, 0.25) is 0 Å². The molecular formula is C12H15I. The zero-order valence-electron chi connectivity index (χ0n) is 7.75. The van der Waals surface area contributed by atoms with Crippen LogP contribution in [0, 0.1) is 0 Å². The zero-order valence-corrected chi connectivity index (χ0v) is 9.91. The number of benzene rings is 1. The second-order valence-electron chi connectivity index (χ2n) is 3.15. The number of halogens is 1. The Hall–Kier alpha value is -0.310. The Kier molecular flexibility index (Phi) is 5.13. The fourth-order valence-corrected chi connectivity index (χ4v) is 1.94. The molecule has 0 nitrogen and oxygen atoms in total. The molecule has 1 heteroatoms. The van der Waals surface area contributed by atoms with Gasteiger partial charge in [-0.05, 0) is 24.8 Å². The van der Waals surface area contributed by atoms with Crippen molar-refractivity contribution in [1.82, 2.24) is 0 Å². The lowest BCUT2D eigenvalue weighted by molar-refractivity contribution is 0.789. The van der Waals surface area contributed by atoms with E-state index in [0.717, 1.165) is 10.3 Å². The van der Waals surface area contributed by atoms with E-state index in [1.807, 2.05) is 6.08 Å². The molecule has 0 aliphatic carbocycles. The predicted octanol–water partition coefficient (Wildman–Crippen LogP) is 4.00. The van der Waals surface area contributed by atoms with Crippen LogP contribution in [-0.2, 0) is 6.42 Å². The van der Waals surface area contributed by atoms with Crippen molar-refractivity contribution in [3.63, 3.8) is 0 Å². The van der Waals surface area contributed by atoms with Crippen LogP contribution in [0.3, 0.4) is 0 Å². The minimum absolute atomic E-state index is 0.732. The van der Waals surface area contributed by atoms with Gasteiger partial charge in [-0.3, -0.25) is 0 Å². The van der Waals surface area contributed by atoms with E-state index in [1.54, 1.807) is 0 Å². The molecule has 1 aromatic carbocycles. The van der Waals surface area contributed by atoms with Gasteiger partial charge in [0.1, 0.15) is 0 Å². The summed E-state index contributed by atoms with van der Waals surface area (Å²) in [6.45, 7) is 3.75. The van der Waals surface area contributed by atoms with Crippen molar-refractivity contribution in [1.29, 1.82) is 0 Å². The monoisotopic (exact) mass is 286 g/mol. The smallest absolute Gasteiger partial charge is 0.0147 e. The Labute approximate surface area is 94.2 Å². The summed E-state index contributed by atoms with van der Waals surface area (Å²) in [5.74, 6) is 0. The third-order valence-corrected chi connectivity index (χ3v) is 3.14. The molecule has 0 aliphatic rings. The molecule has 1 atom stereocenters. The van der Waals surface area contributed by atoms with Crippen LogP contribution < -0.4 is 0 Å². The average molecular weight is 286 g/mol. The van der Waals surface area contributed by atoms with Gasteiger partial charge < -0.3 is 0 Å². The van der Waals surface area contributed by atoms with Gasteiger partial charge in [0.15, 0.2) is 0 Å². The second-order valence-corrected chi connectivity index (χ2v) is 4.91. The molecule has 0 heterocycles. The van der Waals surface area contributed by atoms with Crippen LogP contribution in [0.2, 0.25) is 0 Å². The van der Waals surface area contributed by atoms with Gasteiger partial charge in [-0.1, -0.05) is 59.0 Å². The van der Waals surface area contributed by atoms with Crippen molar-refractivity contribution >= 4 is 22.6 Å². The lowest BCUT2D eigenvalue weighted by atomic mass is 10.1. The van der Waals surface area contributed by atoms with Crippen LogP contribution in [0.15, 0.2) is 43.0 Å². The minimum atomic E-state index is 0.732. The van der Waals surface area contributed by atoms with Crippen molar-refractivity contribution in [2.24, 2.45) is 0 Å². The van der Waals surface area contributed by atoms with E-state index in [9.17, 15) is 0 Å². The Morgan fingerprint density at radius 2 is 2.00 bits per heavy atom. The van der Waals surface area contributed by atoms with Crippen molar-refractivity contribution in [3.05, 3.63) is 48.6 Å². The number of hydrogen-bond acceptors (Lipinski definition) is 0. The van der Waals surface area contributed by atoms with Crippen LogP contribution in [0.4, 0.5) is 0 Å². The second kappa shape index (κ2) is 6.19. The van der Waals surface area contributed by atoms with Crippen molar-refractivity contribution < 1.29 is 0 Å². The molecule has 1 aromatic rings. The maximum Gasteiger partial charge on any atom is 0.0147 e. The van der Waals surface area contributed by atoms with Crippen LogP contribution in [0.5, 0.6) is 0 Å². The molecule has 0 N–H and O–H groups in total. The Balaban J connectivity index is 2.30. The summed E-state index contributed by atoms with van der Waals surface area (Å²) in [4.78, 5) is 0. The first-order valence-electron chi connectivity index (χ1n) is 4.62. The number of rotatable bonds is 5. The molecule has 0 saturated heterocycles. The summed E-state index contributed by atoms with van der Waals surface area (Å²) in [6.07, 6.45) is 5.55. The fourth-order valence-electron chi connectivity index (χ4n) is 1.27. The molecule has 0 amide bonds. The van der Waals surface area contributed by atoms with Gasteiger partial charge in [-0.15, -0.1) is 6.58 Å². The fraction of sp³-hybridized carbons (Fsp3) is 0.333. The normalized spacial score (nSPS) is 12.4. The molecule has 0 spiro atoms. The first-order chi connectivity index (χ1) is 6.33. The van der Waals surface area contributed by atoms with Crippen molar-refractivity contribution in [2.75, 3.05) is 0 Å². The average Bonchev–Trinajstić information content (AvgIpc) is 2.17. The summed E-state index contributed by atoms with van der Waals surface area (Å²) < 4.78 is 0.732. The minimum Gasteiger partial charge on any atom is -0.103 e. The van der Waals surface area contributed by atoms with E-state index in [1.165, 1.54) is 18.4 Å². The molecule has 0 aromatic heterocycles. The Morgan fingerprint density at radius 1 is 1.31 bits per heavy atom. The summed E-state index contributed by atoms with van der Waals surface area (Å²) in [5, 5.41) is 0. The van der Waals surface area contributed by atoms with E-state index in [4.69, 9.17) is 0 Å². The maximum atomic E-state index is 3.75. The van der Waals surface area contributed by atoms with Crippen LogP contribution >= 0.6 is 22.6 Å². The molecule has 1 unspecified atom stereocenters. The molecule has 0 radical (unpaired) electrons. The maximum absolute atomic E-state index is 3.75. The highest BCUT2D eigenvalue weighted by atomic mass is 127. The third kappa shape index (κ3) is 4.46. The number of allylic oxidation sites excluding steroid dienone is 1. The molecule has 0 bridgehead atoms. The molecule has 1 rings (SSSR count). The number of aryl methyl sites for hydroxylation is 1. The van der Waals surface area contributed by atoms with Gasteiger partial charge in [-0.2, -0.15) is 0 Å².